The van der Waals surface area contributed by atoms with Crippen LogP contribution in [0.5, 0.6) is 0 Å². The highest BCUT2D eigenvalue weighted by Crippen LogP contribution is 2.36. The van der Waals surface area contributed by atoms with E-state index in [1.807, 2.05) is 0 Å². The Labute approximate surface area is 104 Å². The number of hydrogen-bond acceptors (Lipinski definition) is 2. The maximum Gasteiger partial charge on any atom is 0.0405 e. The number of benzene rings is 1. The van der Waals surface area contributed by atoms with Gasteiger partial charge in [0.25, 0.3) is 0 Å². The third-order valence-electron chi connectivity index (χ3n) is 4.33. The summed E-state index contributed by atoms with van der Waals surface area (Å²) in [6, 6.07) is 7.74. The lowest BCUT2D eigenvalue weighted by Gasteiger charge is -2.27. The molecule has 2 aliphatic rings. The summed E-state index contributed by atoms with van der Waals surface area (Å²) < 4.78 is 0. The molecule has 0 radical (unpaired) electrons. The van der Waals surface area contributed by atoms with Gasteiger partial charge in [0.1, 0.15) is 0 Å². The first kappa shape index (κ1) is 11.1. The Kier molecular flexibility index (Phi) is 2.83. The average Bonchev–Trinajstić information content (AvgIpc) is 2.96. The molecule has 2 heteroatoms. The predicted molar refractivity (Wildman–Crippen MR) is 72.4 cm³/mol. The minimum absolute atomic E-state index is 0.145. The van der Waals surface area contributed by atoms with Gasteiger partial charge in [-0.05, 0) is 43.4 Å². The van der Waals surface area contributed by atoms with Crippen molar-refractivity contribution in [3.63, 3.8) is 0 Å². The van der Waals surface area contributed by atoms with E-state index in [2.05, 4.69) is 30.0 Å². The van der Waals surface area contributed by atoms with Gasteiger partial charge in [-0.3, -0.25) is 0 Å². The number of hydrogen-bond donors (Lipinski definition) is 1. The van der Waals surface area contributed by atoms with Crippen molar-refractivity contribution in [2.75, 3.05) is 11.4 Å². The molecule has 1 heterocycles. The van der Waals surface area contributed by atoms with Gasteiger partial charge in [0.15, 0.2) is 0 Å². The largest absolute Gasteiger partial charge is 0.368 e. The first-order valence-corrected chi connectivity index (χ1v) is 6.91. The lowest BCUT2D eigenvalue weighted by molar-refractivity contribution is 0.625. The minimum Gasteiger partial charge on any atom is -0.368 e. The van der Waals surface area contributed by atoms with Crippen LogP contribution in [-0.4, -0.2) is 12.6 Å². The first-order valence-electron chi connectivity index (χ1n) is 6.91. The number of fused-ring (bicyclic) bond motifs is 1. The van der Waals surface area contributed by atoms with Gasteiger partial charge in [-0.25, -0.2) is 0 Å². The van der Waals surface area contributed by atoms with Crippen LogP contribution in [-0.2, 0) is 6.42 Å². The monoisotopic (exact) mass is 230 g/mol. The quantitative estimate of drug-likeness (QED) is 0.846. The fraction of sp³-hybridized carbons (Fsp3) is 0.600. The van der Waals surface area contributed by atoms with E-state index in [0.717, 1.165) is 6.04 Å². The fourth-order valence-electron chi connectivity index (χ4n) is 3.30. The van der Waals surface area contributed by atoms with Crippen LogP contribution in [0.1, 0.15) is 49.8 Å². The van der Waals surface area contributed by atoms with E-state index >= 15 is 0 Å². The Morgan fingerprint density at radius 2 is 2.06 bits per heavy atom. The van der Waals surface area contributed by atoms with Crippen LogP contribution in [0.25, 0.3) is 0 Å². The summed E-state index contributed by atoms with van der Waals surface area (Å²) in [7, 11) is 0. The van der Waals surface area contributed by atoms with Gasteiger partial charge in [-0.1, -0.05) is 25.0 Å². The van der Waals surface area contributed by atoms with Crippen LogP contribution in [0.4, 0.5) is 5.69 Å². The second-order valence-corrected chi connectivity index (χ2v) is 5.56. The van der Waals surface area contributed by atoms with Crippen molar-refractivity contribution in [2.45, 2.75) is 51.1 Å². The average molecular weight is 230 g/mol. The van der Waals surface area contributed by atoms with Gasteiger partial charge >= 0.3 is 0 Å². The molecule has 1 unspecified atom stereocenters. The topological polar surface area (TPSA) is 29.3 Å². The Morgan fingerprint density at radius 3 is 2.76 bits per heavy atom. The molecule has 2 N–H and O–H groups in total. The van der Waals surface area contributed by atoms with Crippen molar-refractivity contribution >= 4 is 5.69 Å². The molecule has 92 valence electrons. The highest BCUT2D eigenvalue weighted by Gasteiger charge is 2.28. The standard InChI is InChI=1S/C15H22N2/c1-11(16)13-7-6-12-8-9-17(15(12)10-13)14-4-2-3-5-14/h6-7,10-11,14H,2-5,8-9,16H2,1H3. The number of nitrogens with two attached hydrogens (primary N) is 1. The maximum atomic E-state index is 5.99. The van der Waals surface area contributed by atoms with Gasteiger partial charge in [0, 0.05) is 24.3 Å². The molecule has 1 aliphatic heterocycles. The zero-order valence-corrected chi connectivity index (χ0v) is 10.7. The molecule has 1 saturated carbocycles. The fourth-order valence-corrected chi connectivity index (χ4v) is 3.30. The summed E-state index contributed by atoms with van der Waals surface area (Å²) >= 11 is 0. The van der Waals surface area contributed by atoms with E-state index in [1.165, 1.54) is 55.5 Å². The van der Waals surface area contributed by atoms with Gasteiger partial charge in [0.2, 0.25) is 0 Å². The summed E-state index contributed by atoms with van der Waals surface area (Å²) in [6.07, 6.45) is 6.78. The molecule has 0 saturated heterocycles. The number of nitrogens with zero attached hydrogens (tertiary/aromatic N) is 1. The van der Waals surface area contributed by atoms with E-state index in [1.54, 1.807) is 0 Å². The Hall–Kier alpha value is -1.02. The van der Waals surface area contributed by atoms with Crippen LogP contribution in [0.3, 0.4) is 0 Å². The zero-order chi connectivity index (χ0) is 11.8. The predicted octanol–water partition coefficient (Wildman–Crippen LogP) is 3.01. The third kappa shape index (κ3) is 1.95. The molecule has 0 amide bonds. The van der Waals surface area contributed by atoms with E-state index in [4.69, 9.17) is 5.73 Å². The molecule has 0 spiro atoms. The molecule has 17 heavy (non-hydrogen) atoms. The van der Waals surface area contributed by atoms with E-state index in [0.29, 0.717) is 0 Å². The van der Waals surface area contributed by atoms with Gasteiger partial charge in [-0.15, -0.1) is 0 Å². The summed E-state index contributed by atoms with van der Waals surface area (Å²) in [5, 5.41) is 0. The van der Waals surface area contributed by atoms with Crippen molar-refractivity contribution in [1.29, 1.82) is 0 Å². The van der Waals surface area contributed by atoms with Crippen LogP contribution in [0.15, 0.2) is 18.2 Å². The molecule has 1 aromatic carbocycles. The van der Waals surface area contributed by atoms with Crippen molar-refractivity contribution in [3.8, 4) is 0 Å². The molecule has 2 nitrogen and oxygen atoms in total. The Balaban J connectivity index is 1.91. The van der Waals surface area contributed by atoms with Gasteiger partial charge in [-0.2, -0.15) is 0 Å². The SMILES string of the molecule is CC(N)c1ccc2c(c1)N(C1CCCC1)CC2. The third-order valence-corrected chi connectivity index (χ3v) is 4.33. The van der Waals surface area contributed by atoms with Crippen molar-refractivity contribution in [2.24, 2.45) is 5.73 Å². The number of rotatable bonds is 2. The second-order valence-electron chi connectivity index (χ2n) is 5.56. The Morgan fingerprint density at radius 1 is 1.29 bits per heavy atom. The van der Waals surface area contributed by atoms with Gasteiger partial charge in [0.05, 0.1) is 0 Å². The summed E-state index contributed by atoms with van der Waals surface area (Å²) in [4.78, 5) is 2.63. The van der Waals surface area contributed by atoms with E-state index in [9.17, 15) is 0 Å². The molecule has 1 aliphatic carbocycles. The van der Waals surface area contributed by atoms with E-state index in [-0.39, 0.29) is 6.04 Å². The molecular formula is C15H22N2. The van der Waals surface area contributed by atoms with Gasteiger partial charge < -0.3 is 10.6 Å². The van der Waals surface area contributed by atoms with Crippen LogP contribution < -0.4 is 10.6 Å². The van der Waals surface area contributed by atoms with Crippen molar-refractivity contribution in [1.82, 2.24) is 0 Å². The smallest absolute Gasteiger partial charge is 0.0405 e. The van der Waals surface area contributed by atoms with E-state index < -0.39 is 0 Å². The molecular weight excluding hydrogens is 208 g/mol. The normalized spacial score (nSPS) is 21.9. The van der Waals surface area contributed by atoms with Crippen LogP contribution in [0.2, 0.25) is 0 Å². The summed E-state index contributed by atoms with van der Waals surface area (Å²) in [5.74, 6) is 0. The minimum atomic E-state index is 0.145. The Bertz CT molecular complexity index is 405. The summed E-state index contributed by atoms with van der Waals surface area (Å²) in [6.45, 7) is 3.28. The van der Waals surface area contributed by atoms with Crippen LogP contribution >= 0.6 is 0 Å². The van der Waals surface area contributed by atoms with Crippen molar-refractivity contribution in [3.05, 3.63) is 29.3 Å². The van der Waals surface area contributed by atoms with Crippen LogP contribution in [0, 0.1) is 0 Å². The lowest BCUT2D eigenvalue weighted by Crippen LogP contribution is -2.31. The maximum absolute atomic E-state index is 5.99. The molecule has 1 aromatic rings. The highest BCUT2D eigenvalue weighted by atomic mass is 15.2. The molecule has 3 rings (SSSR count). The molecule has 0 aromatic heterocycles. The van der Waals surface area contributed by atoms with Crippen molar-refractivity contribution < 1.29 is 0 Å². The first-order chi connectivity index (χ1) is 8.25. The molecule has 0 bridgehead atoms. The highest BCUT2D eigenvalue weighted by molar-refractivity contribution is 5.60. The lowest BCUT2D eigenvalue weighted by atomic mass is 10.0. The summed E-state index contributed by atoms with van der Waals surface area (Å²) in [5.41, 5.74) is 10.2. The molecule has 1 fully saturated rings. The molecule has 1 atom stereocenters. The second kappa shape index (κ2) is 4.34. The number of anilines is 1. The zero-order valence-electron chi connectivity index (χ0n) is 10.7.